The second kappa shape index (κ2) is 8.60. The molecule has 27 heavy (non-hydrogen) atoms. The number of amides is 1. The Morgan fingerprint density at radius 2 is 1.70 bits per heavy atom. The summed E-state index contributed by atoms with van der Waals surface area (Å²) in [5.74, 6) is 0.436. The zero-order valence-corrected chi connectivity index (χ0v) is 16.9. The van der Waals surface area contributed by atoms with Crippen LogP contribution in [0.5, 0.6) is 11.5 Å². The van der Waals surface area contributed by atoms with Crippen molar-refractivity contribution in [3.8, 4) is 11.5 Å². The third-order valence-electron chi connectivity index (χ3n) is 3.82. The molecule has 0 radical (unpaired) electrons. The smallest absolute Gasteiger partial charge is 0.242 e. The van der Waals surface area contributed by atoms with Crippen molar-refractivity contribution in [3.05, 3.63) is 47.0 Å². The average molecular weight is 413 g/mol. The first-order chi connectivity index (χ1) is 12.7. The fourth-order valence-electron chi connectivity index (χ4n) is 2.39. The topological polar surface area (TPSA) is 93.7 Å². The number of ether oxygens (including phenoxy) is 2. The molecule has 0 aliphatic rings. The summed E-state index contributed by atoms with van der Waals surface area (Å²) in [5, 5.41) is 3.02. The number of nitrogens with one attached hydrogen (secondary N) is 2. The Morgan fingerprint density at radius 1 is 1.07 bits per heavy atom. The molecule has 1 amide bonds. The SMILES string of the molecule is COc1ccc(S(=O)(=O)N[C@H](C)C(=O)Nc2cc(Cl)ccc2OC)cc1C. The molecule has 0 unspecified atom stereocenters. The van der Waals surface area contributed by atoms with E-state index in [0.29, 0.717) is 27.8 Å². The molecule has 2 N–H and O–H groups in total. The van der Waals surface area contributed by atoms with E-state index in [0.717, 1.165) is 0 Å². The van der Waals surface area contributed by atoms with Crippen LogP contribution < -0.4 is 19.5 Å². The van der Waals surface area contributed by atoms with Gasteiger partial charge in [0.25, 0.3) is 0 Å². The predicted octanol–water partition coefficient (Wildman–Crippen LogP) is 2.97. The number of halogens is 1. The molecule has 0 aromatic heterocycles. The van der Waals surface area contributed by atoms with Gasteiger partial charge < -0.3 is 14.8 Å². The molecule has 146 valence electrons. The number of rotatable bonds is 7. The molecule has 0 saturated carbocycles. The average Bonchev–Trinajstić information content (AvgIpc) is 2.61. The summed E-state index contributed by atoms with van der Waals surface area (Å²) in [4.78, 5) is 12.5. The number of benzene rings is 2. The summed E-state index contributed by atoms with van der Waals surface area (Å²) in [7, 11) is -0.931. The molecule has 2 rings (SSSR count). The highest BCUT2D eigenvalue weighted by Crippen LogP contribution is 2.28. The third-order valence-corrected chi connectivity index (χ3v) is 5.59. The van der Waals surface area contributed by atoms with Gasteiger partial charge in [-0.2, -0.15) is 4.72 Å². The number of hydrogen-bond acceptors (Lipinski definition) is 5. The van der Waals surface area contributed by atoms with Crippen LogP contribution in [0.3, 0.4) is 0 Å². The van der Waals surface area contributed by atoms with E-state index in [9.17, 15) is 13.2 Å². The number of methoxy groups -OCH3 is 2. The molecule has 0 heterocycles. The lowest BCUT2D eigenvalue weighted by atomic mass is 10.2. The van der Waals surface area contributed by atoms with Gasteiger partial charge in [-0.25, -0.2) is 8.42 Å². The van der Waals surface area contributed by atoms with Crippen LogP contribution in [0.15, 0.2) is 41.3 Å². The van der Waals surface area contributed by atoms with Crippen molar-refractivity contribution in [3.63, 3.8) is 0 Å². The van der Waals surface area contributed by atoms with E-state index < -0.39 is 22.0 Å². The fourth-order valence-corrected chi connectivity index (χ4v) is 3.85. The van der Waals surface area contributed by atoms with Crippen LogP contribution in [0.1, 0.15) is 12.5 Å². The highest BCUT2D eigenvalue weighted by Gasteiger charge is 2.23. The largest absolute Gasteiger partial charge is 0.496 e. The number of sulfonamides is 1. The van der Waals surface area contributed by atoms with Crippen LogP contribution in [-0.2, 0) is 14.8 Å². The highest BCUT2D eigenvalue weighted by molar-refractivity contribution is 7.89. The summed E-state index contributed by atoms with van der Waals surface area (Å²) >= 11 is 5.93. The van der Waals surface area contributed by atoms with E-state index in [2.05, 4.69) is 10.0 Å². The van der Waals surface area contributed by atoms with E-state index in [1.165, 1.54) is 39.3 Å². The van der Waals surface area contributed by atoms with Crippen LogP contribution in [0.25, 0.3) is 0 Å². The molecule has 0 aliphatic heterocycles. The summed E-state index contributed by atoms with van der Waals surface area (Å²) in [6.45, 7) is 3.18. The van der Waals surface area contributed by atoms with Crippen LogP contribution in [0.2, 0.25) is 5.02 Å². The normalized spacial score (nSPS) is 12.3. The molecule has 0 fully saturated rings. The van der Waals surface area contributed by atoms with Gasteiger partial charge in [-0.05, 0) is 55.8 Å². The van der Waals surface area contributed by atoms with Crippen LogP contribution in [0, 0.1) is 6.92 Å². The van der Waals surface area contributed by atoms with E-state index in [-0.39, 0.29) is 4.90 Å². The molecule has 0 bridgehead atoms. The van der Waals surface area contributed by atoms with Crippen molar-refractivity contribution in [2.45, 2.75) is 24.8 Å². The number of hydrogen-bond donors (Lipinski definition) is 2. The molecule has 0 saturated heterocycles. The van der Waals surface area contributed by atoms with Gasteiger partial charge in [-0.3, -0.25) is 4.79 Å². The lowest BCUT2D eigenvalue weighted by Crippen LogP contribution is -2.41. The Bertz CT molecular complexity index is 947. The number of carbonyl (C=O) groups excluding carboxylic acids is 1. The Kier molecular flexibility index (Phi) is 6.69. The van der Waals surface area contributed by atoms with Gasteiger partial charge in [0.2, 0.25) is 15.9 Å². The Hall–Kier alpha value is -2.29. The predicted molar refractivity (Wildman–Crippen MR) is 104 cm³/mol. The van der Waals surface area contributed by atoms with Gasteiger partial charge in [0.1, 0.15) is 11.5 Å². The summed E-state index contributed by atoms with van der Waals surface area (Å²) in [5.41, 5.74) is 1.02. The van der Waals surface area contributed by atoms with Crippen LogP contribution >= 0.6 is 11.6 Å². The van der Waals surface area contributed by atoms with Crippen molar-refractivity contribution in [1.82, 2.24) is 4.72 Å². The third kappa shape index (κ3) is 5.12. The lowest BCUT2D eigenvalue weighted by molar-refractivity contribution is -0.117. The first kappa shape index (κ1) is 21.0. The zero-order chi connectivity index (χ0) is 20.2. The van der Waals surface area contributed by atoms with E-state index in [1.54, 1.807) is 25.1 Å². The van der Waals surface area contributed by atoms with E-state index in [1.807, 2.05) is 0 Å². The molecule has 2 aromatic carbocycles. The number of aryl methyl sites for hydroxylation is 1. The quantitative estimate of drug-likeness (QED) is 0.729. The molecular formula is C18H21ClN2O5S. The van der Waals surface area contributed by atoms with Gasteiger partial charge in [0, 0.05) is 5.02 Å². The van der Waals surface area contributed by atoms with Gasteiger partial charge in [0.15, 0.2) is 0 Å². The van der Waals surface area contributed by atoms with E-state index in [4.69, 9.17) is 21.1 Å². The molecule has 7 nitrogen and oxygen atoms in total. The van der Waals surface area contributed by atoms with Crippen molar-refractivity contribution >= 4 is 33.2 Å². The summed E-state index contributed by atoms with van der Waals surface area (Å²) < 4.78 is 37.7. The maximum atomic E-state index is 12.6. The second-order valence-corrected chi connectivity index (χ2v) is 7.96. The van der Waals surface area contributed by atoms with Crippen LogP contribution in [-0.4, -0.2) is 34.6 Å². The second-order valence-electron chi connectivity index (χ2n) is 5.81. The summed E-state index contributed by atoms with van der Waals surface area (Å²) in [6, 6.07) is 8.17. The molecule has 1 atom stereocenters. The molecular weight excluding hydrogens is 392 g/mol. The zero-order valence-electron chi connectivity index (χ0n) is 15.4. The van der Waals surface area contributed by atoms with Gasteiger partial charge in [0.05, 0.1) is 30.8 Å². The van der Waals surface area contributed by atoms with Crippen molar-refractivity contribution < 1.29 is 22.7 Å². The Labute approximate surface area is 163 Å². The van der Waals surface area contributed by atoms with Gasteiger partial charge in [-0.15, -0.1) is 0 Å². The standard InChI is InChI=1S/C18H21ClN2O5S/c1-11-9-14(6-8-16(11)25-3)27(23,24)21-12(2)18(22)20-15-10-13(19)5-7-17(15)26-4/h5-10,12,21H,1-4H3,(H,20,22)/t12-/m1/s1. The first-order valence-corrected chi connectivity index (χ1v) is 9.85. The van der Waals surface area contributed by atoms with Gasteiger partial charge in [-0.1, -0.05) is 11.6 Å². The van der Waals surface area contributed by atoms with Crippen LogP contribution in [0.4, 0.5) is 5.69 Å². The minimum absolute atomic E-state index is 0.0424. The lowest BCUT2D eigenvalue weighted by Gasteiger charge is -2.16. The van der Waals surface area contributed by atoms with Crippen molar-refractivity contribution in [2.75, 3.05) is 19.5 Å². The van der Waals surface area contributed by atoms with Gasteiger partial charge >= 0.3 is 0 Å². The fraction of sp³-hybridized carbons (Fsp3) is 0.278. The molecule has 2 aromatic rings. The minimum Gasteiger partial charge on any atom is -0.496 e. The molecule has 0 aliphatic carbocycles. The Balaban J connectivity index is 2.16. The maximum absolute atomic E-state index is 12.6. The van der Waals surface area contributed by atoms with Crippen molar-refractivity contribution in [2.24, 2.45) is 0 Å². The first-order valence-electron chi connectivity index (χ1n) is 7.99. The molecule has 0 spiro atoms. The summed E-state index contributed by atoms with van der Waals surface area (Å²) in [6.07, 6.45) is 0. The number of carbonyl (C=O) groups is 1. The van der Waals surface area contributed by atoms with E-state index >= 15 is 0 Å². The monoisotopic (exact) mass is 412 g/mol. The number of anilines is 1. The molecule has 9 heteroatoms. The Morgan fingerprint density at radius 3 is 2.30 bits per heavy atom. The van der Waals surface area contributed by atoms with Crippen molar-refractivity contribution in [1.29, 1.82) is 0 Å². The highest BCUT2D eigenvalue weighted by atomic mass is 35.5. The maximum Gasteiger partial charge on any atom is 0.242 e. The minimum atomic E-state index is -3.89.